The van der Waals surface area contributed by atoms with Crippen molar-refractivity contribution in [2.45, 2.75) is 6.42 Å². The van der Waals surface area contributed by atoms with Gasteiger partial charge in [-0.2, -0.15) is 0 Å². The van der Waals surface area contributed by atoms with E-state index in [-0.39, 0.29) is 5.82 Å². The van der Waals surface area contributed by atoms with E-state index in [4.69, 9.17) is 5.73 Å². The van der Waals surface area contributed by atoms with Crippen molar-refractivity contribution >= 4 is 21.5 Å². The number of halogens is 2. The van der Waals surface area contributed by atoms with Gasteiger partial charge in [-0.05, 0) is 36.2 Å². The predicted octanol–water partition coefficient (Wildman–Crippen LogP) is 2.95. The van der Waals surface area contributed by atoms with Crippen molar-refractivity contribution in [3.63, 3.8) is 0 Å². The van der Waals surface area contributed by atoms with Crippen LogP contribution in [0.1, 0.15) is 12.0 Å². The maximum Gasteiger partial charge on any atom is 0.124 e. The molecule has 0 fully saturated rings. The summed E-state index contributed by atoms with van der Waals surface area (Å²) < 4.78 is 13.4. The van der Waals surface area contributed by atoms with Crippen molar-refractivity contribution in [1.29, 1.82) is 0 Å². The van der Waals surface area contributed by atoms with E-state index in [9.17, 15) is 4.39 Å². The molecule has 1 aromatic rings. The van der Waals surface area contributed by atoms with Crippen LogP contribution in [-0.2, 0) is 0 Å². The highest BCUT2D eigenvalue weighted by Crippen LogP contribution is 2.25. The first kappa shape index (κ1) is 10.4. The van der Waals surface area contributed by atoms with Crippen LogP contribution in [0.25, 0.3) is 5.57 Å². The Bertz CT molecular complexity index is 323. The summed E-state index contributed by atoms with van der Waals surface area (Å²) in [6, 6.07) is 4.55. The van der Waals surface area contributed by atoms with Gasteiger partial charge in [0.1, 0.15) is 5.82 Å². The standard InChI is InChI=1S/C10H11BrFN/c1-7(4-5-13)9-3-2-8(12)6-10(9)11/h2-3,6H,1,4-5,13H2. The van der Waals surface area contributed by atoms with E-state index < -0.39 is 0 Å². The lowest BCUT2D eigenvalue weighted by Crippen LogP contribution is -1.99. The Hall–Kier alpha value is -0.670. The number of benzene rings is 1. The molecular weight excluding hydrogens is 233 g/mol. The van der Waals surface area contributed by atoms with Crippen LogP contribution in [-0.4, -0.2) is 6.54 Å². The van der Waals surface area contributed by atoms with Crippen LogP contribution in [0.3, 0.4) is 0 Å². The first-order valence-electron chi connectivity index (χ1n) is 3.98. The van der Waals surface area contributed by atoms with E-state index in [2.05, 4.69) is 22.5 Å². The van der Waals surface area contributed by atoms with Crippen LogP contribution in [0, 0.1) is 5.82 Å². The first-order chi connectivity index (χ1) is 6.15. The second-order valence-electron chi connectivity index (χ2n) is 2.77. The number of hydrogen-bond donors (Lipinski definition) is 1. The fourth-order valence-electron chi connectivity index (χ4n) is 1.09. The summed E-state index contributed by atoms with van der Waals surface area (Å²) in [5, 5.41) is 0. The average molecular weight is 244 g/mol. The van der Waals surface area contributed by atoms with Crippen molar-refractivity contribution in [2.24, 2.45) is 5.73 Å². The van der Waals surface area contributed by atoms with E-state index in [1.54, 1.807) is 6.07 Å². The van der Waals surface area contributed by atoms with Crippen LogP contribution < -0.4 is 5.73 Å². The molecule has 1 rings (SSSR count). The minimum atomic E-state index is -0.254. The minimum absolute atomic E-state index is 0.254. The SMILES string of the molecule is C=C(CCN)c1ccc(F)cc1Br. The zero-order valence-corrected chi connectivity index (χ0v) is 8.77. The van der Waals surface area contributed by atoms with E-state index in [1.165, 1.54) is 12.1 Å². The summed E-state index contributed by atoms with van der Waals surface area (Å²) in [6.45, 7) is 4.43. The molecule has 2 N–H and O–H groups in total. The molecule has 0 radical (unpaired) electrons. The largest absolute Gasteiger partial charge is 0.330 e. The van der Waals surface area contributed by atoms with Gasteiger partial charge >= 0.3 is 0 Å². The molecule has 1 nitrogen and oxygen atoms in total. The van der Waals surface area contributed by atoms with Crippen molar-refractivity contribution in [3.8, 4) is 0 Å². The Morgan fingerprint density at radius 3 is 2.77 bits per heavy atom. The lowest BCUT2D eigenvalue weighted by Gasteiger charge is -2.06. The van der Waals surface area contributed by atoms with Gasteiger partial charge in [0.05, 0.1) is 0 Å². The van der Waals surface area contributed by atoms with E-state index in [0.29, 0.717) is 6.54 Å². The highest BCUT2D eigenvalue weighted by Gasteiger charge is 2.04. The Morgan fingerprint density at radius 2 is 2.23 bits per heavy atom. The predicted molar refractivity (Wildman–Crippen MR) is 56.8 cm³/mol. The molecule has 1 aromatic carbocycles. The Morgan fingerprint density at radius 1 is 1.54 bits per heavy atom. The third-order valence-corrected chi connectivity index (χ3v) is 2.41. The third kappa shape index (κ3) is 2.64. The van der Waals surface area contributed by atoms with Crippen LogP contribution >= 0.6 is 15.9 Å². The van der Waals surface area contributed by atoms with Crippen LogP contribution in [0.15, 0.2) is 29.3 Å². The number of rotatable bonds is 3. The van der Waals surface area contributed by atoms with Gasteiger partial charge < -0.3 is 5.73 Å². The number of nitrogens with two attached hydrogens (primary N) is 1. The molecule has 13 heavy (non-hydrogen) atoms. The molecule has 0 aromatic heterocycles. The molecule has 0 atom stereocenters. The van der Waals surface area contributed by atoms with Gasteiger partial charge in [-0.3, -0.25) is 0 Å². The summed E-state index contributed by atoms with van der Waals surface area (Å²) >= 11 is 3.28. The molecule has 0 saturated carbocycles. The highest BCUT2D eigenvalue weighted by molar-refractivity contribution is 9.10. The summed E-state index contributed by atoms with van der Waals surface area (Å²) in [5.41, 5.74) is 7.24. The zero-order valence-electron chi connectivity index (χ0n) is 7.19. The molecular formula is C10H11BrFN. The molecule has 0 bridgehead atoms. The molecule has 0 aliphatic heterocycles. The zero-order chi connectivity index (χ0) is 9.84. The van der Waals surface area contributed by atoms with Crippen molar-refractivity contribution in [2.75, 3.05) is 6.54 Å². The normalized spacial score (nSPS) is 10.1. The van der Waals surface area contributed by atoms with Crippen molar-refractivity contribution in [1.82, 2.24) is 0 Å². The van der Waals surface area contributed by atoms with Crippen molar-refractivity contribution in [3.05, 3.63) is 40.6 Å². The maximum atomic E-state index is 12.7. The van der Waals surface area contributed by atoms with Gasteiger partial charge in [0.15, 0.2) is 0 Å². The summed E-state index contributed by atoms with van der Waals surface area (Å²) in [6.07, 6.45) is 0.726. The summed E-state index contributed by atoms with van der Waals surface area (Å²) in [4.78, 5) is 0. The second kappa shape index (κ2) is 4.53. The fraction of sp³-hybridized carbons (Fsp3) is 0.200. The average Bonchev–Trinajstić information content (AvgIpc) is 2.04. The lowest BCUT2D eigenvalue weighted by atomic mass is 10.1. The van der Waals surface area contributed by atoms with Crippen LogP contribution in [0.5, 0.6) is 0 Å². The molecule has 0 aliphatic rings. The lowest BCUT2D eigenvalue weighted by molar-refractivity contribution is 0.626. The molecule has 3 heteroatoms. The van der Waals surface area contributed by atoms with E-state index in [1.807, 2.05) is 0 Å². The highest BCUT2D eigenvalue weighted by atomic mass is 79.9. The quantitative estimate of drug-likeness (QED) is 0.869. The molecule has 70 valence electrons. The summed E-state index contributed by atoms with van der Waals surface area (Å²) in [7, 11) is 0. The Kier molecular flexibility index (Phi) is 3.63. The van der Waals surface area contributed by atoms with Crippen LogP contribution in [0.2, 0.25) is 0 Å². The van der Waals surface area contributed by atoms with Gasteiger partial charge in [0.2, 0.25) is 0 Å². The molecule has 0 aliphatic carbocycles. The maximum absolute atomic E-state index is 12.7. The molecule has 0 amide bonds. The van der Waals surface area contributed by atoms with Gasteiger partial charge in [0.25, 0.3) is 0 Å². The summed E-state index contributed by atoms with van der Waals surface area (Å²) in [5.74, 6) is -0.254. The minimum Gasteiger partial charge on any atom is -0.330 e. The second-order valence-corrected chi connectivity index (χ2v) is 3.62. The Balaban J connectivity index is 2.95. The van der Waals surface area contributed by atoms with E-state index in [0.717, 1.165) is 22.0 Å². The van der Waals surface area contributed by atoms with Gasteiger partial charge in [-0.1, -0.05) is 28.6 Å². The van der Waals surface area contributed by atoms with E-state index >= 15 is 0 Å². The Labute approximate surface area is 85.6 Å². The van der Waals surface area contributed by atoms with Crippen molar-refractivity contribution < 1.29 is 4.39 Å². The monoisotopic (exact) mass is 243 g/mol. The topological polar surface area (TPSA) is 26.0 Å². The third-order valence-electron chi connectivity index (χ3n) is 1.76. The van der Waals surface area contributed by atoms with Crippen LogP contribution in [0.4, 0.5) is 4.39 Å². The molecule has 0 spiro atoms. The molecule has 0 saturated heterocycles. The van der Waals surface area contributed by atoms with Gasteiger partial charge in [-0.25, -0.2) is 4.39 Å². The molecule has 0 unspecified atom stereocenters. The fourth-order valence-corrected chi connectivity index (χ4v) is 1.72. The number of hydrogen-bond acceptors (Lipinski definition) is 1. The van der Waals surface area contributed by atoms with Gasteiger partial charge in [-0.15, -0.1) is 0 Å². The van der Waals surface area contributed by atoms with Gasteiger partial charge in [0, 0.05) is 4.47 Å². The molecule has 0 heterocycles. The first-order valence-corrected chi connectivity index (χ1v) is 4.77. The smallest absolute Gasteiger partial charge is 0.124 e.